The van der Waals surface area contributed by atoms with Gasteiger partial charge in [-0.15, -0.1) is 0 Å². The van der Waals surface area contributed by atoms with Gasteiger partial charge in [0.05, 0.1) is 0 Å². The lowest BCUT2D eigenvalue weighted by atomic mass is 10.0. The van der Waals surface area contributed by atoms with Gasteiger partial charge in [0.2, 0.25) is 0 Å². The summed E-state index contributed by atoms with van der Waals surface area (Å²) in [7, 11) is -3.52. The minimum atomic E-state index is -3.52. The van der Waals surface area contributed by atoms with Gasteiger partial charge >= 0.3 is 0 Å². The van der Waals surface area contributed by atoms with Crippen molar-refractivity contribution in [2.24, 2.45) is 5.14 Å². The number of rotatable bonds is 5. The van der Waals surface area contributed by atoms with Crippen LogP contribution in [0.2, 0.25) is 0 Å². The zero-order valence-corrected chi connectivity index (χ0v) is 12.7. The molecule has 0 spiro atoms. The summed E-state index contributed by atoms with van der Waals surface area (Å²) in [5, 5.41) is 5.15. The maximum Gasteiger partial charge on any atom is 0.276 e. The van der Waals surface area contributed by atoms with E-state index in [2.05, 4.69) is 36.1 Å². The molecule has 1 aliphatic rings. The quantitative estimate of drug-likeness (QED) is 0.875. The minimum absolute atomic E-state index is 0.456. The van der Waals surface area contributed by atoms with Gasteiger partial charge in [0.15, 0.2) is 0 Å². The van der Waals surface area contributed by atoms with Crippen LogP contribution in [0.5, 0.6) is 0 Å². The molecule has 1 aliphatic heterocycles. The largest absolute Gasteiger partial charge is 0.298 e. The molecule has 0 radical (unpaired) electrons. The van der Waals surface area contributed by atoms with Crippen molar-refractivity contribution in [3.8, 4) is 0 Å². The van der Waals surface area contributed by atoms with Crippen LogP contribution >= 0.6 is 0 Å². The van der Waals surface area contributed by atoms with Gasteiger partial charge in [0.1, 0.15) is 0 Å². The third kappa shape index (κ3) is 4.28. The summed E-state index contributed by atoms with van der Waals surface area (Å²) in [6.45, 7) is 4.71. The van der Waals surface area contributed by atoms with Crippen LogP contribution in [-0.4, -0.2) is 49.8 Å². The number of benzene rings is 1. The molecule has 2 rings (SSSR count). The Hall–Kier alpha value is -0.950. The summed E-state index contributed by atoms with van der Waals surface area (Å²) in [6.07, 6.45) is 2.14. The molecule has 2 N–H and O–H groups in total. The zero-order valence-electron chi connectivity index (χ0n) is 11.9. The Morgan fingerprint density at radius 1 is 1.15 bits per heavy atom. The summed E-state index contributed by atoms with van der Waals surface area (Å²) in [4.78, 5) is 2.34. The first kappa shape index (κ1) is 15.4. The molecule has 0 aliphatic carbocycles. The average molecular weight is 297 g/mol. The van der Waals surface area contributed by atoms with Gasteiger partial charge < -0.3 is 0 Å². The summed E-state index contributed by atoms with van der Waals surface area (Å²) in [6, 6.07) is 10.9. The van der Waals surface area contributed by atoms with Crippen molar-refractivity contribution in [1.82, 2.24) is 9.21 Å². The van der Waals surface area contributed by atoms with E-state index in [1.165, 1.54) is 9.87 Å². The van der Waals surface area contributed by atoms with E-state index in [0.29, 0.717) is 19.1 Å². The molecule has 1 heterocycles. The Morgan fingerprint density at radius 2 is 1.75 bits per heavy atom. The highest BCUT2D eigenvalue weighted by atomic mass is 32.2. The first-order valence-corrected chi connectivity index (χ1v) is 8.53. The second-order valence-corrected chi connectivity index (χ2v) is 6.90. The van der Waals surface area contributed by atoms with Crippen LogP contribution in [0.15, 0.2) is 30.3 Å². The lowest BCUT2D eigenvalue weighted by Crippen LogP contribution is -2.52. The van der Waals surface area contributed by atoms with E-state index in [9.17, 15) is 8.42 Å². The predicted molar refractivity (Wildman–Crippen MR) is 80.5 cm³/mol. The summed E-state index contributed by atoms with van der Waals surface area (Å²) >= 11 is 0. The fraction of sp³-hybridized carbons (Fsp3) is 0.571. The predicted octanol–water partition coefficient (Wildman–Crippen LogP) is 0.829. The van der Waals surface area contributed by atoms with Crippen molar-refractivity contribution >= 4 is 10.2 Å². The second kappa shape index (κ2) is 6.67. The van der Waals surface area contributed by atoms with E-state index < -0.39 is 10.2 Å². The summed E-state index contributed by atoms with van der Waals surface area (Å²) in [5.41, 5.74) is 1.35. The van der Waals surface area contributed by atoms with Gasteiger partial charge in [-0.3, -0.25) is 4.90 Å². The van der Waals surface area contributed by atoms with Crippen LogP contribution in [0.4, 0.5) is 0 Å². The van der Waals surface area contributed by atoms with Crippen LogP contribution < -0.4 is 5.14 Å². The van der Waals surface area contributed by atoms with Gasteiger partial charge in [-0.25, -0.2) is 5.14 Å². The molecule has 1 aromatic carbocycles. The monoisotopic (exact) mass is 297 g/mol. The Balaban J connectivity index is 1.79. The lowest BCUT2D eigenvalue weighted by Gasteiger charge is -2.36. The van der Waals surface area contributed by atoms with Crippen molar-refractivity contribution in [2.45, 2.75) is 25.8 Å². The van der Waals surface area contributed by atoms with E-state index >= 15 is 0 Å². The first-order chi connectivity index (χ1) is 9.47. The normalized spacial score (nSPS) is 19.9. The molecule has 5 nitrogen and oxygen atoms in total. The van der Waals surface area contributed by atoms with E-state index in [1.54, 1.807) is 0 Å². The maximum absolute atomic E-state index is 11.3. The molecule has 1 fully saturated rings. The molecule has 112 valence electrons. The molecule has 6 heteroatoms. The Bertz CT molecular complexity index is 510. The van der Waals surface area contributed by atoms with E-state index in [4.69, 9.17) is 5.14 Å². The van der Waals surface area contributed by atoms with Crippen molar-refractivity contribution in [3.63, 3.8) is 0 Å². The number of hydrogen-bond acceptors (Lipinski definition) is 3. The standard InChI is InChI=1S/C14H23N3O2S/c1-13(7-8-14-5-3-2-4-6-14)16-9-11-17(12-10-16)20(15,18)19/h2-6,13H,7-12H2,1H3,(H2,15,18,19)/t13-/m1/s1. The van der Waals surface area contributed by atoms with Crippen molar-refractivity contribution in [1.29, 1.82) is 0 Å². The van der Waals surface area contributed by atoms with Crippen LogP contribution in [0.1, 0.15) is 18.9 Å². The maximum atomic E-state index is 11.3. The fourth-order valence-corrected chi connectivity index (χ4v) is 3.27. The SMILES string of the molecule is C[C@H](CCc1ccccc1)N1CCN(S(N)(=O)=O)CC1. The van der Waals surface area contributed by atoms with Crippen LogP contribution in [0.3, 0.4) is 0 Å². The fourth-order valence-electron chi connectivity index (χ4n) is 2.60. The van der Waals surface area contributed by atoms with Gasteiger partial charge in [-0.05, 0) is 25.3 Å². The van der Waals surface area contributed by atoms with Crippen molar-refractivity contribution in [3.05, 3.63) is 35.9 Å². The van der Waals surface area contributed by atoms with Gasteiger partial charge in [0, 0.05) is 32.2 Å². The Kier molecular flexibility index (Phi) is 5.15. The molecule has 0 aromatic heterocycles. The van der Waals surface area contributed by atoms with Crippen molar-refractivity contribution < 1.29 is 8.42 Å². The third-order valence-electron chi connectivity index (χ3n) is 3.95. The number of nitrogens with zero attached hydrogens (tertiary/aromatic N) is 2. The van der Waals surface area contributed by atoms with E-state index in [1.807, 2.05) is 6.07 Å². The Labute approximate surface area is 121 Å². The van der Waals surface area contributed by atoms with Crippen LogP contribution in [0.25, 0.3) is 0 Å². The zero-order chi connectivity index (χ0) is 14.6. The molecular formula is C14H23N3O2S. The van der Waals surface area contributed by atoms with Crippen LogP contribution in [-0.2, 0) is 16.6 Å². The highest BCUT2D eigenvalue weighted by Crippen LogP contribution is 2.13. The van der Waals surface area contributed by atoms with E-state index in [0.717, 1.165) is 25.9 Å². The van der Waals surface area contributed by atoms with E-state index in [-0.39, 0.29) is 0 Å². The molecule has 1 saturated heterocycles. The number of piperazine rings is 1. The molecule has 0 amide bonds. The molecule has 1 atom stereocenters. The minimum Gasteiger partial charge on any atom is -0.298 e. The number of aryl methyl sites for hydroxylation is 1. The molecule has 0 unspecified atom stereocenters. The third-order valence-corrected chi connectivity index (χ3v) is 5.04. The topological polar surface area (TPSA) is 66.6 Å². The van der Waals surface area contributed by atoms with Gasteiger partial charge in [-0.1, -0.05) is 30.3 Å². The highest BCUT2D eigenvalue weighted by molar-refractivity contribution is 7.86. The second-order valence-electron chi connectivity index (χ2n) is 5.35. The highest BCUT2D eigenvalue weighted by Gasteiger charge is 2.25. The van der Waals surface area contributed by atoms with Gasteiger partial charge in [-0.2, -0.15) is 12.7 Å². The molecular weight excluding hydrogens is 274 g/mol. The molecule has 0 bridgehead atoms. The lowest BCUT2D eigenvalue weighted by molar-refractivity contribution is 0.140. The van der Waals surface area contributed by atoms with Crippen LogP contribution in [0, 0.1) is 0 Å². The summed E-state index contributed by atoms with van der Waals surface area (Å²) < 4.78 is 23.9. The Morgan fingerprint density at radius 3 is 2.30 bits per heavy atom. The van der Waals surface area contributed by atoms with Gasteiger partial charge in [0.25, 0.3) is 10.2 Å². The smallest absolute Gasteiger partial charge is 0.276 e. The average Bonchev–Trinajstić information content (AvgIpc) is 2.45. The molecule has 0 saturated carbocycles. The van der Waals surface area contributed by atoms with Crippen molar-refractivity contribution in [2.75, 3.05) is 26.2 Å². The number of hydrogen-bond donors (Lipinski definition) is 1. The molecule has 1 aromatic rings. The molecule has 20 heavy (non-hydrogen) atoms. The summed E-state index contributed by atoms with van der Waals surface area (Å²) in [5.74, 6) is 0. The first-order valence-electron chi connectivity index (χ1n) is 7.02. The number of nitrogens with two attached hydrogens (primary N) is 1.